The summed E-state index contributed by atoms with van der Waals surface area (Å²) in [7, 11) is 1.98. The van der Waals surface area contributed by atoms with E-state index in [-0.39, 0.29) is 6.04 Å². The number of likely N-dealkylation sites (N-methyl/N-ethyl adjacent to an activating group) is 1. The van der Waals surface area contributed by atoms with Gasteiger partial charge in [0.25, 0.3) is 5.56 Å². The molecule has 0 bridgehead atoms. The number of likely N-dealkylation sites (tertiary alicyclic amines) is 1. The Labute approximate surface area is 109 Å². The van der Waals surface area contributed by atoms with Crippen LogP contribution >= 0.6 is 0 Å². The van der Waals surface area contributed by atoms with Crippen LogP contribution in [0.5, 0.6) is 0 Å². The Kier molecular flexibility index (Phi) is 3.84. The van der Waals surface area contributed by atoms with Crippen molar-refractivity contribution < 1.29 is 9.90 Å². The fourth-order valence-corrected chi connectivity index (χ4v) is 2.40. The summed E-state index contributed by atoms with van der Waals surface area (Å²) in [4.78, 5) is 38.1. The molecule has 0 spiro atoms. The van der Waals surface area contributed by atoms with Crippen molar-refractivity contribution in [3.8, 4) is 0 Å². The number of nitrogens with one attached hydrogen (secondary N) is 1. The lowest BCUT2D eigenvalue weighted by Crippen LogP contribution is -2.43. The van der Waals surface area contributed by atoms with Crippen LogP contribution in [0, 0.1) is 0 Å². The summed E-state index contributed by atoms with van der Waals surface area (Å²) in [6.45, 7) is 1.36. The van der Waals surface area contributed by atoms with Crippen molar-refractivity contribution in [1.82, 2.24) is 14.5 Å². The summed E-state index contributed by atoms with van der Waals surface area (Å²) in [5.74, 6) is -1.33. The highest BCUT2D eigenvalue weighted by Gasteiger charge is 2.20. The second-order valence-corrected chi connectivity index (χ2v) is 4.89. The lowest BCUT2D eigenvalue weighted by atomic mass is 10.0. The third kappa shape index (κ3) is 2.93. The van der Waals surface area contributed by atoms with Gasteiger partial charge in [0, 0.05) is 18.8 Å². The second kappa shape index (κ2) is 5.40. The molecule has 0 amide bonds. The van der Waals surface area contributed by atoms with Gasteiger partial charge >= 0.3 is 11.7 Å². The third-order valence-electron chi connectivity index (χ3n) is 3.57. The minimum absolute atomic E-state index is 0.194. The molecule has 1 unspecified atom stereocenters. The first-order chi connectivity index (χ1) is 8.99. The summed E-state index contributed by atoms with van der Waals surface area (Å²) in [6.07, 6.45) is 4.32. The summed E-state index contributed by atoms with van der Waals surface area (Å²) in [6, 6.07) is 0.194. The van der Waals surface area contributed by atoms with Crippen LogP contribution in [0.4, 0.5) is 0 Å². The third-order valence-corrected chi connectivity index (χ3v) is 3.57. The van der Waals surface area contributed by atoms with Gasteiger partial charge in [0.15, 0.2) is 0 Å². The lowest BCUT2D eigenvalue weighted by molar-refractivity contribution is 0.0693. The maximum atomic E-state index is 11.7. The summed E-state index contributed by atoms with van der Waals surface area (Å²) in [5, 5.41) is 8.89. The van der Waals surface area contributed by atoms with E-state index in [0.29, 0.717) is 6.54 Å². The van der Waals surface area contributed by atoms with Crippen LogP contribution in [0.2, 0.25) is 0 Å². The number of H-pyrrole nitrogens is 1. The highest BCUT2D eigenvalue weighted by molar-refractivity contribution is 5.86. The molecule has 1 aliphatic heterocycles. The molecule has 1 aromatic heterocycles. The average Bonchev–Trinajstić information content (AvgIpc) is 2.34. The molecule has 0 aliphatic carbocycles. The van der Waals surface area contributed by atoms with Gasteiger partial charge in [-0.15, -0.1) is 0 Å². The summed E-state index contributed by atoms with van der Waals surface area (Å²) >= 11 is 0. The van der Waals surface area contributed by atoms with Crippen LogP contribution in [0.15, 0.2) is 15.8 Å². The first-order valence-electron chi connectivity index (χ1n) is 6.26. The van der Waals surface area contributed by atoms with Crippen LogP contribution in [-0.4, -0.2) is 45.2 Å². The number of carbonyl (C=O) groups is 1. The van der Waals surface area contributed by atoms with Crippen molar-refractivity contribution in [2.24, 2.45) is 0 Å². The summed E-state index contributed by atoms with van der Waals surface area (Å²) in [5.41, 5.74) is -1.82. The fraction of sp³-hybridized carbons (Fsp3) is 0.583. The molecule has 2 rings (SSSR count). The number of aromatic carboxylic acids is 1. The SMILES string of the molecule is CN1CCCCC1Cn1cc(C(=O)O)c(=O)[nH]c1=O. The molecule has 7 nitrogen and oxygen atoms in total. The Morgan fingerprint density at radius 3 is 2.84 bits per heavy atom. The van der Waals surface area contributed by atoms with Gasteiger partial charge in [-0.2, -0.15) is 0 Å². The molecule has 1 saturated heterocycles. The predicted molar refractivity (Wildman–Crippen MR) is 68.6 cm³/mol. The number of nitrogens with zero attached hydrogens (tertiary/aromatic N) is 2. The Morgan fingerprint density at radius 1 is 1.47 bits per heavy atom. The molecule has 19 heavy (non-hydrogen) atoms. The average molecular weight is 267 g/mol. The van der Waals surface area contributed by atoms with Gasteiger partial charge in [-0.05, 0) is 26.4 Å². The molecule has 1 fully saturated rings. The van der Waals surface area contributed by atoms with E-state index >= 15 is 0 Å². The van der Waals surface area contributed by atoms with Gasteiger partial charge in [0.1, 0.15) is 5.56 Å². The number of carboxylic acid groups (broad SMARTS) is 1. The molecular formula is C12H17N3O4. The number of hydrogen-bond donors (Lipinski definition) is 2. The number of aromatic nitrogens is 2. The monoisotopic (exact) mass is 267 g/mol. The maximum Gasteiger partial charge on any atom is 0.342 e. The van der Waals surface area contributed by atoms with Crippen LogP contribution in [0.3, 0.4) is 0 Å². The fourth-order valence-electron chi connectivity index (χ4n) is 2.40. The smallest absolute Gasteiger partial charge is 0.342 e. The minimum Gasteiger partial charge on any atom is -0.477 e. The molecule has 1 aliphatic rings. The Bertz CT molecular complexity index is 589. The van der Waals surface area contributed by atoms with E-state index in [2.05, 4.69) is 4.90 Å². The molecule has 1 atom stereocenters. The Morgan fingerprint density at radius 2 is 2.21 bits per heavy atom. The van der Waals surface area contributed by atoms with Gasteiger partial charge in [-0.25, -0.2) is 9.59 Å². The standard InChI is InChI=1S/C12H17N3O4/c1-14-5-3-2-4-8(14)6-15-7-9(11(17)18)10(16)13-12(15)19/h7-8H,2-6H2,1H3,(H,17,18)(H,13,16,19). The normalized spacial score (nSPS) is 20.4. The van der Waals surface area contributed by atoms with Crippen molar-refractivity contribution in [3.63, 3.8) is 0 Å². The zero-order valence-corrected chi connectivity index (χ0v) is 10.8. The Balaban J connectivity index is 2.29. The zero-order chi connectivity index (χ0) is 14.0. The molecule has 0 radical (unpaired) electrons. The molecule has 0 saturated carbocycles. The van der Waals surface area contributed by atoms with Crippen LogP contribution in [0.25, 0.3) is 0 Å². The van der Waals surface area contributed by atoms with Gasteiger partial charge < -0.3 is 10.0 Å². The number of aromatic amines is 1. The van der Waals surface area contributed by atoms with Gasteiger partial charge in [-0.1, -0.05) is 6.42 Å². The van der Waals surface area contributed by atoms with Crippen LogP contribution in [-0.2, 0) is 6.54 Å². The molecule has 104 valence electrons. The highest BCUT2D eigenvalue weighted by Crippen LogP contribution is 2.15. The number of carboxylic acids is 1. The molecule has 0 aromatic carbocycles. The van der Waals surface area contributed by atoms with Crippen LogP contribution in [0.1, 0.15) is 29.6 Å². The molecular weight excluding hydrogens is 250 g/mol. The lowest BCUT2D eigenvalue weighted by Gasteiger charge is -2.32. The van der Waals surface area contributed by atoms with Gasteiger partial charge in [0.2, 0.25) is 0 Å². The molecule has 2 N–H and O–H groups in total. The zero-order valence-electron chi connectivity index (χ0n) is 10.8. The maximum absolute atomic E-state index is 11.7. The van der Waals surface area contributed by atoms with E-state index in [1.165, 1.54) is 4.57 Å². The topological polar surface area (TPSA) is 95.4 Å². The van der Waals surface area contributed by atoms with E-state index < -0.39 is 22.8 Å². The molecule has 1 aromatic rings. The van der Waals surface area contributed by atoms with Crippen molar-refractivity contribution in [3.05, 3.63) is 32.6 Å². The van der Waals surface area contributed by atoms with E-state index in [9.17, 15) is 14.4 Å². The van der Waals surface area contributed by atoms with Gasteiger partial charge in [0.05, 0.1) is 0 Å². The predicted octanol–water partition coefficient (Wildman–Crippen LogP) is -0.281. The molecule has 7 heteroatoms. The first kappa shape index (κ1) is 13.5. The number of piperidine rings is 1. The second-order valence-electron chi connectivity index (χ2n) is 4.89. The van der Waals surface area contributed by atoms with Crippen molar-refractivity contribution in [2.45, 2.75) is 31.8 Å². The van der Waals surface area contributed by atoms with Crippen LogP contribution < -0.4 is 11.2 Å². The van der Waals surface area contributed by atoms with Crippen molar-refractivity contribution in [1.29, 1.82) is 0 Å². The first-order valence-corrected chi connectivity index (χ1v) is 6.26. The Hall–Kier alpha value is -1.89. The van der Waals surface area contributed by atoms with Crippen molar-refractivity contribution >= 4 is 5.97 Å². The number of rotatable bonds is 3. The number of hydrogen-bond acceptors (Lipinski definition) is 4. The van der Waals surface area contributed by atoms with E-state index in [0.717, 1.165) is 32.0 Å². The minimum atomic E-state index is -1.33. The summed E-state index contributed by atoms with van der Waals surface area (Å²) < 4.78 is 1.28. The van der Waals surface area contributed by atoms with E-state index in [4.69, 9.17) is 5.11 Å². The highest BCUT2D eigenvalue weighted by atomic mass is 16.4. The largest absolute Gasteiger partial charge is 0.477 e. The van der Waals surface area contributed by atoms with E-state index in [1.807, 2.05) is 12.0 Å². The molecule has 2 heterocycles. The van der Waals surface area contributed by atoms with Gasteiger partial charge in [-0.3, -0.25) is 14.3 Å². The van der Waals surface area contributed by atoms with E-state index in [1.54, 1.807) is 0 Å². The van der Waals surface area contributed by atoms with Crippen molar-refractivity contribution in [2.75, 3.05) is 13.6 Å². The quantitative estimate of drug-likeness (QED) is 0.785.